The molecule has 1 fully saturated rings. The van der Waals surface area contributed by atoms with E-state index in [9.17, 15) is 19.7 Å². The zero-order chi connectivity index (χ0) is 24.8. The lowest BCUT2D eigenvalue weighted by Gasteiger charge is -2.16. The Morgan fingerprint density at radius 3 is 2.65 bits per heavy atom. The van der Waals surface area contributed by atoms with Gasteiger partial charge < -0.3 is 14.8 Å². The van der Waals surface area contributed by atoms with E-state index in [2.05, 4.69) is 10.3 Å². The van der Waals surface area contributed by atoms with Crippen LogP contribution in [0.2, 0.25) is 0 Å². The van der Waals surface area contributed by atoms with E-state index in [1.165, 1.54) is 42.0 Å². The van der Waals surface area contributed by atoms with Gasteiger partial charge in [0.2, 0.25) is 11.8 Å². The molecule has 0 aromatic heterocycles. The molecule has 10 nitrogen and oxygen atoms in total. The van der Waals surface area contributed by atoms with E-state index >= 15 is 0 Å². The Bertz CT molecular complexity index is 1140. The summed E-state index contributed by atoms with van der Waals surface area (Å²) in [5, 5.41) is 13.5. The smallest absolute Gasteiger partial charge is 0.271 e. The number of amides is 2. The molecule has 1 aliphatic heterocycles. The minimum atomic E-state index is -0.689. The van der Waals surface area contributed by atoms with E-state index in [1.807, 2.05) is 32.0 Å². The number of aliphatic imine (C=N–C) groups is 1. The van der Waals surface area contributed by atoms with Crippen LogP contribution >= 0.6 is 11.8 Å². The fraction of sp³-hybridized carbons (Fsp3) is 0.348. The van der Waals surface area contributed by atoms with Crippen molar-refractivity contribution < 1.29 is 24.0 Å². The molecule has 1 heterocycles. The molecule has 1 atom stereocenters. The molecule has 1 N–H and O–H groups in total. The SMILES string of the molecule is COCCN1C(=O)C(CC(=O)Nc2cc([N+](=O)[O-])ccc2OC)SC1=Nc1ccc(C)cc1C. The highest BCUT2D eigenvalue weighted by Crippen LogP contribution is 2.34. The number of thioether (sulfide) groups is 1. The number of methoxy groups -OCH3 is 2. The Balaban J connectivity index is 1.80. The number of benzene rings is 2. The number of non-ortho nitro benzene ring substituents is 1. The third-order valence-corrected chi connectivity index (χ3v) is 6.32. The molecule has 1 saturated heterocycles. The van der Waals surface area contributed by atoms with Crippen molar-refractivity contribution in [3.05, 3.63) is 57.6 Å². The molecule has 2 aromatic rings. The van der Waals surface area contributed by atoms with Crippen molar-refractivity contribution in [2.45, 2.75) is 25.5 Å². The summed E-state index contributed by atoms with van der Waals surface area (Å²) >= 11 is 1.21. The van der Waals surface area contributed by atoms with Crippen LogP contribution in [0.4, 0.5) is 17.1 Å². The highest BCUT2D eigenvalue weighted by molar-refractivity contribution is 8.15. The summed E-state index contributed by atoms with van der Waals surface area (Å²) in [6.45, 7) is 4.57. The zero-order valence-electron chi connectivity index (χ0n) is 19.4. The summed E-state index contributed by atoms with van der Waals surface area (Å²) in [6, 6.07) is 9.77. The van der Waals surface area contributed by atoms with E-state index in [0.717, 1.165) is 16.8 Å². The quantitative estimate of drug-likeness (QED) is 0.422. The summed E-state index contributed by atoms with van der Waals surface area (Å²) in [5.41, 5.74) is 2.81. The number of hydrogen-bond acceptors (Lipinski definition) is 8. The summed E-state index contributed by atoms with van der Waals surface area (Å²) in [6.07, 6.45) is -0.134. The molecular formula is C23H26N4O6S. The highest BCUT2D eigenvalue weighted by Gasteiger charge is 2.39. The van der Waals surface area contributed by atoms with Crippen LogP contribution in [0.25, 0.3) is 0 Å². The molecule has 1 unspecified atom stereocenters. The van der Waals surface area contributed by atoms with Gasteiger partial charge in [0, 0.05) is 25.7 Å². The first kappa shape index (κ1) is 25.2. The van der Waals surface area contributed by atoms with Gasteiger partial charge in [0.1, 0.15) is 11.0 Å². The van der Waals surface area contributed by atoms with E-state index in [-0.39, 0.29) is 29.5 Å². The molecule has 0 aliphatic carbocycles. The van der Waals surface area contributed by atoms with Crippen LogP contribution < -0.4 is 10.1 Å². The van der Waals surface area contributed by atoms with Crippen LogP contribution in [0, 0.1) is 24.0 Å². The normalized spacial score (nSPS) is 16.7. The Morgan fingerprint density at radius 2 is 2.00 bits per heavy atom. The second-order valence-electron chi connectivity index (χ2n) is 7.67. The van der Waals surface area contributed by atoms with Crippen molar-refractivity contribution in [2.24, 2.45) is 4.99 Å². The van der Waals surface area contributed by atoms with Gasteiger partial charge in [-0.25, -0.2) is 4.99 Å². The van der Waals surface area contributed by atoms with Crippen LogP contribution in [-0.4, -0.2) is 59.4 Å². The molecule has 2 amide bonds. The number of amidine groups is 1. The monoisotopic (exact) mass is 486 g/mol. The molecule has 11 heteroatoms. The fourth-order valence-electron chi connectivity index (χ4n) is 3.42. The topological polar surface area (TPSA) is 123 Å². The average molecular weight is 487 g/mol. The molecule has 180 valence electrons. The predicted octanol–water partition coefficient (Wildman–Crippen LogP) is 3.83. The Morgan fingerprint density at radius 1 is 1.24 bits per heavy atom. The highest BCUT2D eigenvalue weighted by atomic mass is 32.2. The number of carbonyl (C=O) groups is 2. The van der Waals surface area contributed by atoms with E-state index in [4.69, 9.17) is 9.47 Å². The third kappa shape index (κ3) is 5.91. The minimum absolute atomic E-state index is 0.134. The first-order valence-electron chi connectivity index (χ1n) is 10.5. The lowest BCUT2D eigenvalue weighted by Crippen LogP contribution is -2.35. The largest absolute Gasteiger partial charge is 0.495 e. The Labute approximate surface area is 201 Å². The number of nitro groups is 1. The van der Waals surface area contributed by atoms with E-state index < -0.39 is 16.1 Å². The maximum atomic E-state index is 13.1. The van der Waals surface area contributed by atoms with Crippen molar-refractivity contribution in [1.29, 1.82) is 0 Å². The number of rotatable bonds is 9. The summed E-state index contributed by atoms with van der Waals surface area (Å²) in [5.74, 6) is -0.431. The Hall–Kier alpha value is -3.44. The zero-order valence-corrected chi connectivity index (χ0v) is 20.2. The molecule has 0 saturated carbocycles. The molecule has 34 heavy (non-hydrogen) atoms. The molecule has 3 rings (SSSR count). The van der Waals surface area contributed by atoms with Gasteiger partial charge in [0.05, 0.1) is 36.6 Å². The molecular weight excluding hydrogens is 460 g/mol. The van der Waals surface area contributed by atoms with Gasteiger partial charge in [0.15, 0.2) is 5.17 Å². The fourth-order valence-corrected chi connectivity index (χ4v) is 4.60. The maximum Gasteiger partial charge on any atom is 0.271 e. The van der Waals surface area contributed by atoms with Crippen LogP contribution in [0.3, 0.4) is 0 Å². The van der Waals surface area contributed by atoms with Crippen LogP contribution in [0.5, 0.6) is 5.75 Å². The number of aryl methyl sites for hydroxylation is 2. The number of ether oxygens (including phenoxy) is 2. The van der Waals surface area contributed by atoms with Gasteiger partial charge in [-0.2, -0.15) is 0 Å². The van der Waals surface area contributed by atoms with Crippen molar-refractivity contribution in [2.75, 3.05) is 32.7 Å². The molecule has 0 radical (unpaired) electrons. The van der Waals surface area contributed by atoms with Gasteiger partial charge in [0.25, 0.3) is 5.69 Å². The van der Waals surface area contributed by atoms with Gasteiger partial charge >= 0.3 is 0 Å². The first-order chi connectivity index (χ1) is 16.2. The number of carbonyl (C=O) groups excluding carboxylic acids is 2. The van der Waals surface area contributed by atoms with Crippen LogP contribution in [0.15, 0.2) is 41.4 Å². The van der Waals surface area contributed by atoms with Crippen molar-refractivity contribution in [3.8, 4) is 5.75 Å². The second kappa shape index (κ2) is 11.1. The Kier molecular flexibility index (Phi) is 8.24. The number of nitro benzene ring substituents is 1. The van der Waals surface area contributed by atoms with Crippen molar-refractivity contribution >= 4 is 45.8 Å². The summed E-state index contributed by atoms with van der Waals surface area (Å²) in [4.78, 5) is 42.6. The maximum absolute atomic E-state index is 13.1. The number of hydrogen-bond donors (Lipinski definition) is 1. The standard InChI is InChI=1S/C23H26N4O6S/c1-14-5-7-17(15(2)11-14)25-23-26(9-10-32-3)22(29)20(34-23)13-21(28)24-18-12-16(27(30)31)6-8-19(18)33-4/h5-8,11-12,20H,9-10,13H2,1-4H3,(H,24,28). The van der Waals surface area contributed by atoms with Crippen LogP contribution in [-0.2, 0) is 14.3 Å². The second-order valence-corrected chi connectivity index (χ2v) is 8.84. The first-order valence-corrected chi connectivity index (χ1v) is 11.4. The lowest BCUT2D eigenvalue weighted by molar-refractivity contribution is -0.384. The predicted molar refractivity (Wildman–Crippen MR) is 131 cm³/mol. The molecule has 0 bridgehead atoms. The molecule has 2 aromatic carbocycles. The minimum Gasteiger partial charge on any atom is -0.495 e. The number of nitrogens with one attached hydrogen (secondary N) is 1. The van der Waals surface area contributed by atoms with E-state index in [0.29, 0.717) is 18.3 Å². The summed E-state index contributed by atoms with van der Waals surface area (Å²) in [7, 11) is 2.95. The third-order valence-electron chi connectivity index (χ3n) is 5.15. The summed E-state index contributed by atoms with van der Waals surface area (Å²) < 4.78 is 10.3. The van der Waals surface area contributed by atoms with Gasteiger partial charge in [-0.1, -0.05) is 29.5 Å². The number of nitrogens with zero attached hydrogens (tertiary/aromatic N) is 3. The molecule has 0 spiro atoms. The van der Waals surface area contributed by atoms with Crippen molar-refractivity contribution in [1.82, 2.24) is 4.90 Å². The van der Waals surface area contributed by atoms with E-state index in [1.54, 1.807) is 7.11 Å². The van der Waals surface area contributed by atoms with Crippen LogP contribution in [0.1, 0.15) is 17.5 Å². The lowest BCUT2D eigenvalue weighted by atomic mass is 10.1. The number of anilines is 1. The van der Waals surface area contributed by atoms with Crippen molar-refractivity contribution in [3.63, 3.8) is 0 Å². The molecule has 1 aliphatic rings. The average Bonchev–Trinajstić information content (AvgIpc) is 3.07. The van der Waals surface area contributed by atoms with Gasteiger partial charge in [-0.15, -0.1) is 0 Å². The van der Waals surface area contributed by atoms with Gasteiger partial charge in [-0.05, 0) is 31.5 Å². The van der Waals surface area contributed by atoms with Gasteiger partial charge in [-0.3, -0.25) is 24.6 Å².